The molecule has 9 heteroatoms. The maximum atomic E-state index is 12.8. The van der Waals surface area contributed by atoms with E-state index in [1.54, 1.807) is 6.08 Å². The van der Waals surface area contributed by atoms with Crippen molar-refractivity contribution in [1.29, 1.82) is 0 Å². The van der Waals surface area contributed by atoms with E-state index in [1.807, 2.05) is 27.2 Å². The minimum atomic E-state index is -4.35. The molecule has 0 rings (SSSR count). The van der Waals surface area contributed by atoms with E-state index in [1.165, 1.54) is 89.9 Å². The summed E-state index contributed by atoms with van der Waals surface area (Å²) in [5.74, 6) is -0.220. The fraction of sp³-hybridized carbons (Fsp3) is 0.761. The van der Waals surface area contributed by atoms with Gasteiger partial charge in [-0.25, -0.2) is 4.57 Å². The van der Waals surface area contributed by atoms with Gasteiger partial charge in [-0.15, -0.1) is 0 Å². The number of carbonyl (C=O) groups excluding carboxylic acids is 1. The van der Waals surface area contributed by atoms with Crippen LogP contribution in [0.25, 0.3) is 0 Å². The van der Waals surface area contributed by atoms with Crippen LogP contribution in [0.5, 0.6) is 0 Å². The van der Waals surface area contributed by atoms with Crippen molar-refractivity contribution in [2.45, 2.75) is 187 Å². The number of carbonyl (C=O) groups is 1. The average molecular weight is 794 g/mol. The van der Waals surface area contributed by atoms with Crippen molar-refractivity contribution in [2.24, 2.45) is 0 Å². The highest BCUT2D eigenvalue weighted by Gasteiger charge is 2.27. The Bertz CT molecular complexity index is 1080. The molecule has 0 aromatic heterocycles. The molecule has 3 unspecified atom stereocenters. The molecule has 55 heavy (non-hydrogen) atoms. The third kappa shape index (κ3) is 40.2. The Labute approximate surface area is 339 Å². The summed E-state index contributed by atoms with van der Waals surface area (Å²) in [6.07, 6.45) is 48.6. The third-order valence-corrected chi connectivity index (χ3v) is 10.5. The molecule has 3 N–H and O–H groups in total. The topological polar surface area (TPSA) is 105 Å². The molecule has 0 aliphatic rings. The van der Waals surface area contributed by atoms with Crippen LogP contribution in [0.1, 0.15) is 174 Å². The quantitative estimate of drug-likeness (QED) is 0.0248. The van der Waals surface area contributed by atoms with Crippen molar-refractivity contribution in [1.82, 2.24) is 5.32 Å². The van der Waals surface area contributed by atoms with E-state index in [9.17, 15) is 19.4 Å². The lowest BCUT2D eigenvalue weighted by Crippen LogP contribution is -2.45. The number of aliphatic hydroxyl groups excluding tert-OH is 1. The van der Waals surface area contributed by atoms with Crippen molar-refractivity contribution in [2.75, 3.05) is 40.9 Å². The van der Waals surface area contributed by atoms with Crippen molar-refractivity contribution in [3.63, 3.8) is 0 Å². The van der Waals surface area contributed by atoms with Gasteiger partial charge in [-0.3, -0.25) is 13.8 Å². The van der Waals surface area contributed by atoms with Gasteiger partial charge in [0, 0.05) is 6.42 Å². The van der Waals surface area contributed by atoms with Crippen LogP contribution in [-0.4, -0.2) is 73.4 Å². The number of amides is 1. The third-order valence-electron chi connectivity index (χ3n) is 9.49. The molecular weight excluding hydrogens is 707 g/mol. The number of aliphatic hydroxyl groups is 1. The Balaban J connectivity index is 4.50. The van der Waals surface area contributed by atoms with Gasteiger partial charge in [-0.1, -0.05) is 171 Å². The number of phosphoric ester groups is 1. The molecule has 0 heterocycles. The summed E-state index contributed by atoms with van der Waals surface area (Å²) in [5.41, 5.74) is 0. The number of unbranched alkanes of at least 4 members (excludes halogenated alkanes) is 18. The van der Waals surface area contributed by atoms with Crippen LogP contribution in [-0.2, 0) is 18.4 Å². The van der Waals surface area contributed by atoms with Gasteiger partial charge in [0.15, 0.2) is 0 Å². The Hall–Kier alpha value is -1.80. The normalized spacial score (nSPS) is 15.0. The first-order chi connectivity index (χ1) is 26.5. The van der Waals surface area contributed by atoms with Crippen LogP contribution >= 0.6 is 7.82 Å². The van der Waals surface area contributed by atoms with Gasteiger partial charge in [0.2, 0.25) is 5.91 Å². The highest BCUT2D eigenvalue weighted by atomic mass is 31.2. The smallest absolute Gasteiger partial charge is 0.387 e. The van der Waals surface area contributed by atoms with Crippen LogP contribution in [0, 0.1) is 0 Å². The van der Waals surface area contributed by atoms with Gasteiger partial charge in [0.1, 0.15) is 13.2 Å². The molecule has 0 saturated carbocycles. The van der Waals surface area contributed by atoms with Crippen LogP contribution in [0.2, 0.25) is 0 Å². The minimum absolute atomic E-state index is 0.0509. The van der Waals surface area contributed by atoms with E-state index in [0.29, 0.717) is 23.9 Å². The molecule has 0 spiro atoms. The van der Waals surface area contributed by atoms with Gasteiger partial charge in [-0.2, -0.15) is 0 Å². The highest BCUT2D eigenvalue weighted by Crippen LogP contribution is 2.43. The SMILES string of the molecule is CC/C=C\C/C=C\C/C=C\C/C=C\CCCCC(=O)NC(COP(=O)(O)OCC[N+](C)(C)C)C(O)/C=C/CCCCCCCCCCCCCCCCCC. The predicted octanol–water partition coefficient (Wildman–Crippen LogP) is 12.2. The Kier molecular flexibility index (Phi) is 36.5. The van der Waals surface area contributed by atoms with Crippen molar-refractivity contribution in [3.8, 4) is 0 Å². The summed E-state index contributed by atoms with van der Waals surface area (Å²) >= 11 is 0. The summed E-state index contributed by atoms with van der Waals surface area (Å²) in [7, 11) is 1.54. The first-order valence-corrected chi connectivity index (χ1v) is 23.7. The maximum Gasteiger partial charge on any atom is 0.472 e. The second kappa shape index (κ2) is 37.8. The van der Waals surface area contributed by atoms with E-state index < -0.39 is 20.0 Å². The van der Waals surface area contributed by atoms with E-state index in [0.717, 1.165) is 57.8 Å². The number of likely N-dealkylation sites (N-methyl/N-ethyl adjacent to an activating group) is 1. The molecule has 0 aromatic carbocycles. The lowest BCUT2D eigenvalue weighted by Gasteiger charge is -2.25. The summed E-state index contributed by atoms with van der Waals surface area (Å²) in [6.45, 7) is 4.65. The molecule has 320 valence electrons. The Morgan fingerprint density at radius 3 is 1.60 bits per heavy atom. The van der Waals surface area contributed by atoms with Crippen molar-refractivity contribution < 1.29 is 32.9 Å². The molecule has 1 amide bonds. The molecule has 8 nitrogen and oxygen atoms in total. The molecule has 0 bridgehead atoms. The standard InChI is InChI=1S/C46H85N2O6P/c1-6-8-10-12-14-16-18-20-22-23-24-26-27-29-31-33-35-37-39-45(49)44(43-54-55(51,52)53-42-41-48(3,4)5)47-46(50)40-38-36-34-32-30-28-25-21-19-17-15-13-11-9-7-2/h9,11,15,17,21,25,30,32,37,39,44-45,49H,6-8,10,12-14,16,18-20,22-24,26-29,31,33-36,38,40-43H2,1-5H3,(H-,47,50,51,52)/p+1/b11-9-,17-15-,25-21-,32-30-,39-37+. The molecule has 0 fully saturated rings. The monoisotopic (exact) mass is 794 g/mol. The van der Waals surface area contributed by atoms with Crippen LogP contribution in [0.4, 0.5) is 0 Å². The van der Waals surface area contributed by atoms with Crippen LogP contribution in [0.3, 0.4) is 0 Å². The van der Waals surface area contributed by atoms with E-state index >= 15 is 0 Å². The second-order valence-corrected chi connectivity index (χ2v) is 17.5. The summed E-state index contributed by atoms with van der Waals surface area (Å²) < 4.78 is 23.5. The number of rotatable bonds is 39. The largest absolute Gasteiger partial charge is 0.472 e. The lowest BCUT2D eigenvalue weighted by atomic mass is 10.0. The van der Waals surface area contributed by atoms with Gasteiger partial charge in [0.25, 0.3) is 0 Å². The van der Waals surface area contributed by atoms with Gasteiger partial charge >= 0.3 is 7.82 Å². The van der Waals surface area contributed by atoms with Gasteiger partial charge in [-0.05, 0) is 57.8 Å². The molecule has 0 aliphatic carbocycles. The zero-order valence-corrected chi connectivity index (χ0v) is 37.0. The predicted molar refractivity (Wildman–Crippen MR) is 235 cm³/mol. The number of nitrogens with one attached hydrogen (secondary N) is 1. The number of hydrogen-bond acceptors (Lipinski definition) is 5. The summed E-state index contributed by atoms with van der Waals surface area (Å²) in [4.78, 5) is 23.1. The van der Waals surface area contributed by atoms with Crippen molar-refractivity contribution >= 4 is 13.7 Å². The number of quaternary nitrogens is 1. The first-order valence-electron chi connectivity index (χ1n) is 22.2. The molecular formula is C46H86N2O6P+. The number of nitrogens with zero attached hydrogens (tertiary/aromatic N) is 1. The Morgan fingerprint density at radius 2 is 1.09 bits per heavy atom. The molecule has 0 aliphatic heterocycles. The minimum Gasteiger partial charge on any atom is -0.387 e. The number of allylic oxidation sites excluding steroid dienone is 9. The zero-order chi connectivity index (χ0) is 40.7. The number of phosphoric acid groups is 1. The van der Waals surface area contributed by atoms with E-state index in [2.05, 4.69) is 67.8 Å². The van der Waals surface area contributed by atoms with Gasteiger partial charge < -0.3 is 19.8 Å². The molecule has 3 atom stereocenters. The molecule has 0 aromatic rings. The molecule has 0 saturated heterocycles. The Morgan fingerprint density at radius 1 is 0.636 bits per heavy atom. The fourth-order valence-corrected chi connectivity index (χ4v) is 6.71. The van der Waals surface area contributed by atoms with Gasteiger partial charge in [0.05, 0.1) is 39.9 Å². The van der Waals surface area contributed by atoms with Crippen LogP contribution < -0.4 is 5.32 Å². The average Bonchev–Trinajstić information content (AvgIpc) is 3.13. The van der Waals surface area contributed by atoms with E-state index in [-0.39, 0.29) is 19.1 Å². The first kappa shape index (κ1) is 53.2. The summed E-state index contributed by atoms with van der Waals surface area (Å²) in [5, 5.41) is 13.8. The maximum absolute atomic E-state index is 12.8. The van der Waals surface area contributed by atoms with Crippen LogP contribution in [0.15, 0.2) is 60.8 Å². The summed E-state index contributed by atoms with van der Waals surface area (Å²) in [6, 6.07) is -0.869. The fourth-order valence-electron chi connectivity index (χ4n) is 5.97. The zero-order valence-electron chi connectivity index (χ0n) is 36.1. The lowest BCUT2D eigenvalue weighted by molar-refractivity contribution is -0.870. The molecule has 0 radical (unpaired) electrons. The second-order valence-electron chi connectivity index (χ2n) is 16.0. The number of hydrogen-bond donors (Lipinski definition) is 3. The van der Waals surface area contributed by atoms with E-state index in [4.69, 9.17) is 9.05 Å². The van der Waals surface area contributed by atoms with Crippen molar-refractivity contribution in [3.05, 3.63) is 60.8 Å². The highest BCUT2D eigenvalue weighted by molar-refractivity contribution is 7.47.